The highest BCUT2D eigenvalue weighted by Crippen LogP contribution is 2.41. The number of halogens is 3. The first-order valence-electron chi connectivity index (χ1n) is 8.87. The topological polar surface area (TPSA) is 47.3 Å². The fourth-order valence-electron chi connectivity index (χ4n) is 2.52. The van der Waals surface area contributed by atoms with Crippen LogP contribution in [0.15, 0.2) is 77.7 Å². The number of rotatable bonds is 7. The summed E-state index contributed by atoms with van der Waals surface area (Å²) in [6.07, 6.45) is 0.956. The molecule has 2 rings (SSSR count). The Morgan fingerprint density at radius 3 is 2.41 bits per heavy atom. The normalized spacial score (nSPS) is 14.1. The third-order valence-corrected chi connectivity index (χ3v) is 5.08. The summed E-state index contributed by atoms with van der Waals surface area (Å²) >= 11 is 1.34. The predicted octanol–water partition coefficient (Wildman–Crippen LogP) is 5.97. The van der Waals surface area contributed by atoms with Gasteiger partial charge < -0.3 is 9.41 Å². The van der Waals surface area contributed by atoms with Crippen molar-refractivity contribution in [1.29, 1.82) is 5.26 Å². The Balaban J connectivity index is 2.25. The van der Waals surface area contributed by atoms with E-state index in [2.05, 4.69) is 6.07 Å². The largest absolute Gasteiger partial charge is 0.425 e. The minimum absolute atomic E-state index is 0.264. The summed E-state index contributed by atoms with van der Waals surface area (Å²) in [6.45, 7) is 1.87. The lowest BCUT2D eigenvalue weighted by atomic mass is 9.92. The summed E-state index contributed by atoms with van der Waals surface area (Å²) in [7, 11) is 1.77. The van der Waals surface area contributed by atoms with Gasteiger partial charge in [0, 0.05) is 17.6 Å². The molecule has 0 amide bonds. The van der Waals surface area contributed by atoms with Crippen LogP contribution >= 0.6 is 11.9 Å². The zero-order valence-electron chi connectivity index (χ0n) is 16.0. The van der Waals surface area contributed by atoms with E-state index in [0.29, 0.717) is 17.7 Å². The number of alkyl halides is 3. The minimum Gasteiger partial charge on any atom is -0.373 e. The van der Waals surface area contributed by atoms with Crippen LogP contribution in [0, 0.1) is 11.3 Å². The molecule has 0 aliphatic carbocycles. The molecule has 0 aliphatic rings. The zero-order chi connectivity index (χ0) is 21.5. The van der Waals surface area contributed by atoms with Crippen LogP contribution in [0.5, 0.6) is 0 Å². The van der Waals surface area contributed by atoms with Crippen LogP contribution in [0.2, 0.25) is 0 Å². The van der Waals surface area contributed by atoms with E-state index in [-0.39, 0.29) is 5.56 Å². The van der Waals surface area contributed by atoms with Crippen molar-refractivity contribution in [1.82, 2.24) is 0 Å². The van der Waals surface area contributed by atoms with Gasteiger partial charge in [-0.2, -0.15) is 18.4 Å². The molecule has 0 spiro atoms. The Kier molecular flexibility index (Phi) is 7.54. The molecule has 0 saturated heterocycles. The smallest absolute Gasteiger partial charge is 0.373 e. The predicted molar refractivity (Wildman–Crippen MR) is 110 cm³/mol. The van der Waals surface area contributed by atoms with Gasteiger partial charge >= 0.3 is 6.18 Å². The Morgan fingerprint density at radius 2 is 1.83 bits per heavy atom. The van der Waals surface area contributed by atoms with Gasteiger partial charge in [-0.25, -0.2) is 0 Å². The van der Waals surface area contributed by atoms with Crippen LogP contribution in [0.4, 0.5) is 18.9 Å². The molecule has 1 N–H and O–H groups in total. The lowest BCUT2D eigenvalue weighted by molar-refractivity contribution is -0.245. The fraction of sp³-hybridized carbons (Fsp3) is 0.227. The summed E-state index contributed by atoms with van der Waals surface area (Å²) in [5.41, 5.74) is -2.16. The van der Waals surface area contributed by atoms with Crippen LogP contribution in [0.3, 0.4) is 0 Å². The van der Waals surface area contributed by atoms with Crippen molar-refractivity contribution in [2.75, 3.05) is 11.4 Å². The monoisotopic (exact) mass is 418 g/mol. The quantitative estimate of drug-likeness (QED) is 0.444. The number of hydrogen-bond donors (Lipinski definition) is 1. The average molecular weight is 418 g/mol. The molecule has 0 aliphatic heterocycles. The molecule has 3 nitrogen and oxygen atoms in total. The molecule has 0 radical (unpaired) electrons. The van der Waals surface area contributed by atoms with E-state index >= 15 is 0 Å². The molecule has 7 heteroatoms. The van der Waals surface area contributed by atoms with Crippen molar-refractivity contribution in [3.8, 4) is 6.07 Å². The molecule has 2 aromatic carbocycles. The maximum Gasteiger partial charge on any atom is 0.425 e. The first-order valence-corrected chi connectivity index (χ1v) is 9.64. The fourth-order valence-corrected chi connectivity index (χ4v) is 3.38. The van der Waals surface area contributed by atoms with Crippen LogP contribution in [0.1, 0.15) is 24.5 Å². The van der Waals surface area contributed by atoms with Gasteiger partial charge in [0.25, 0.3) is 0 Å². The van der Waals surface area contributed by atoms with E-state index in [9.17, 15) is 18.3 Å². The summed E-state index contributed by atoms with van der Waals surface area (Å²) in [4.78, 5) is 0.827. The maximum atomic E-state index is 13.6. The Labute approximate surface area is 172 Å². The van der Waals surface area contributed by atoms with Crippen molar-refractivity contribution in [3.05, 3.63) is 84.0 Å². The van der Waals surface area contributed by atoms with Crippen LogP contribution in [0.25, 0.3) is 0 Å². The molecular weight excluding hydrogens is 397 g/mol. The second-order valence-corrected chi connectivity index (χ2v) is 7.44. The van der Waals surface area contributed by atoms with Crippen molar-refractivity contribution in [2.45, 2.75) is 30.0 Å². The summed E-state index contributed by atoms with van der Waals surface area (Å²) < 4.78 is 42.4. The van der Waals surface area contributed by atoms with E-state index in [0.717, 1.165) is 11.0 Å². The maximum absolute atomic E-state index is 13.6. The Morgan fingerprint density at radius 1 is 1.14 bits per heavy atom. The van der Waals surface area contributed by atoms with E-state index in [1.807, 2.05) is 13.0 Å². The molecule has 0 fully saturated rings. The lowest BCUT2D eigenvalue weighted by Gasteiger charge is -2.28. The number of anilines is 1. The Hall–Kier alpha value is -2.69. The molecule has 29 heavy (non-hydrogen) atoms. The number of nitriles is 1. The highest BCUT2D eigenvalue weighted by molar-refractivity contribution is 8.00. The molecule has 0 aromatic heterocycles. The molecule has 1 unspecified atom stereocenters. The van der Waals surface area contributed by atoms with Crippen LogP contribution in [-0.2, 0) is 5.60 Å². The van der Waals surface area contributed by atoms with Crippen LogP contribution < -0.4 is 4.31 Å². The van der Waals surface area contributed by atoms with Gasteiger partial charge in [-0.1, -0.05) is 43.4 Å². The lowest BCUT2D eigenvalue weighted by Crippen LogP contribution is -2.40. The van der Waals surface area contributed by atoms with E-state index in [1.54, 1.807) is 35.6 Å². The summed E-state index contributed by atoms with van der Waals surface area (Å²) in [6, 6.07) is 14.7. The van der Waals surface area contributed by atoms with Crippen molar-refractivity contribution < 1.29 is 18.3 Å². The SMILES string of the molecule is CC/C=C/C=C/C(O)(c1ccc(N(C)Sc2cccc(C#N)c2)cc1)C(F)(F)F. The van der Waals surface area contributed by atoms with Gasteiger partial charge in [0.05, 0.1) is 11.6 Å². The second kappa shape index (κ2) is 9.68. The molecule has 0 heterocycles. The number of benzene rings is 2. The summed E-state index contributed by atoms with van der Waals surface area (Å²) in [5.74, 6) is 0. The zero-order valence-corrected chi connectivity index (χ0v) is 16.8. The van der Waals surface area contributed by atoms with Crippen molar-refractivity contribution in [2.24, 2.45) is 0 Å². The van der Waals surface area contributed by atoms with Gasteiger partial charge in [0.2, 0.25) is 5.60 Å². The first kappa shape index (κ1) is 22.6. The number of hydrogen-bond acceptors (Lipinski definition) is 4. The van der Waals surface area contributed by atoms with E-state index in [1.165, 1.54) is 48.4 Å². The summed E-state index contributed by atoms with van der Waals surface area (Å²) in [5, 5.41) is 19.3. The van der Waals surface area contributed by atoms with Gasteiger partial charge in [0.15, 0.2) is 0 Å². The molecule has 1 atom stereocenters. The molecule has 0 saturated carbocycles. The molecular formula is C22H21F3N2OS. The van der Waals surface area contributed by atoms with E-state index in [4.69, 9.17) is 5.26 Å². The van der Waals surface area contributed by atoms with Gasteiger partial charge in [-0.15, -0.1) is 0 Å². The highest BCUT2D eigenvalue weighted by Gasteiger charge is 2.53. The highest BCUT2D eigenvalue weighted by atomic mass is 32.2. The minimum atomic E-state index is -4.86. The third kappa shape index (κ3) is 5.66. The van der Waals surface area contributed by atoms with Gasteiger partial charge in [0.1, 0.15) is 0 Å². The second-order valence-electron chi connectivity index (χ2n) is 6.23. The molecule has 152 valence electrons. The molecule has 0 bridgehead atoms. The number of aliphatic hydroxyl groups is 1. The standard InChI is InChI=1S/C22H21F3N2OS/c1-3-4-5-6-14-21(28,22(23,24)25)18-10-12-19(13-11-18)27(2)29-20-9-7-8-17(15-20)16-26/h4-15,28H,3H2,1-2H3/b5-4+,14-6+. The molecule has 2 aromatic rings. The van der Waals surface area contributed by atoms with Crippen LogP contribution in [-0.4, -0.2) is 18.3 Å². The number of nitrogens with zero attached hydrogens (tertiary/aromatic N) is 2. The first-order chi connectivity index (χ1) is 13.7. The van der Waals surface area contributed by atoms with Gasteiger partial charge in [-0.05, 0) is 60.3 Å². The number of allylic oxidation sites excluding steroid dienone is 3. The average Bonchev–Trinajstić information content (AvgIpc) is 2.70. The van der Waals surface area contributed by atoms with Crippen molar-refractivity contribution >= 4 is 17.6 Å². The van der Waals surface area contributed by atoms with Gasteiger partial charge in [-0.3, -0.25) is 0 Å². The third-order valence-electron chi connectivity index (χ3n) is 4.13. The Bertz CT molecular complexity index is 917. The van der Waals surface area contributed by atoms with Crippen molar-refractivity contribution in [3.63, 3.8) is 0 Å². The van der Waals surface area contributed by atoms with E-state index < -0.39 is 11.8 Å².